The fraction of sp³-hybridized carbons (Fsp3) is 0.860. The zero-order valence-electron chi connectivity index (χ0n) is 31.3. The molecule has 0 aliphatic carbocycles. The topological polar surface area (TPSA) is 21.7 Å². The summed E-state index contributed by atoms with van der Waals surface area (Å²) in [6.45, 7) is 6.74. The summed E-state index contributed by atoms with van der Waals surface area (Å²) in [5.74, 6) is -0.309. The number of fused-ring (bicyclic) bond motifs is 1. The van der Waals surface area contributed by atoms with Gasteiger partial charge in [0.05, 0.1) is 12.2 Å². The highest BCUT2D eigenvalue weighted by molar-refractivity contribution is 4.93. The van der Waals surface area contributed by atoms with Gasteiger partial charge in [-0.3, -0.25) is 0 Å². The maximum absolute atomic E-state index is 6.79. The van der Waals surface area contributed by atoms with Gasteiger partial charge in [0.25, 0.3) is 0 Å². The number of allylic oxidation sites excluding steroid dienone is 6. The number of ether oxygens (including phenoxy) is 2. The highest BCUT2D eigenvalue weighted by Gasteiger charge is 2.48. The van der Waals surface area contributed by atoms with Crippen LogP contribution < -0.4 is 0 Å². The number of hydrogen-bond donors (Lipinski definition) is 0. The third-order valence-electron chi connectivity index (χ3n) is 10.3. The van der Waals surface area contributed by atoms with Crippen molar-refractivity contribution in [3.05, 3.63) is 36.5 Å². The molecule has 2 saturated heterocycles. The van der Waals surface area contributed by atoms with E-state index in [9.17, 15) is 0 Å². The molecule has 2 rings (SSSR count). The van der Waals surface area contributed by atoms with Crippen LogP contribution in [0.2, 0.25) is 0 Å². The lowest BCUT2D eigenvalue weighted by Gasteiger charge is -2.29. The first-order chi connectivity index (χ1) is 22.7. The Bertz CT molecular complexity index is 760. The molecule has 0 N–H and O–H groups in total. The lowest BCUT2D eigenvalue weighted by molar-refractivity contribution is -0.185. The van der Waals surface area contributed by atoms with Crippen molar-refractivity contribution in [2.24, 2.45) is 0 Å². The van der Waals surface area contributed by atoms with Crippen molar-refractivity contribution >= 4 is 0 Å². The molecule has 46 heavy (non-hydrogen) atoms. The number of likely N-dealkylation sites (N-methyl/N-ethyl adjacent to an activating group) is 1. The van der Waals surface area contributed by atoms with Gasteiger partial charge in [0.15, 0.2) is 5.79 Å². The minimum atomic E-state index is -0.309. The second-order valence-corrected chi connectivity index (χ2v) is 14.8. The molecule has 2 aliphatic rings. The molecule has 2 heterocycles. The fourth-order valence-corrected chi connectivity index (χ4v) is 7.26. The van der Waals surface area contributed by atoms with E-state index in [1.807, 2.05) is 0 Å². The Hall–Kier alpha value is -0.900. The van der Waals surface area contributed by atoms with E-state index in [-0.39, 0.29) is 11.9 Å². The summed E-state index contributed by atoms with van der Waals surface area (Å²) in [5.41, 5.74) is 0. The van der Waals surface area contributed by atoms with Crippen molar-refractivity contribution in [2.75, 3.05) is 20.1 Å². The minimum absolute atomic E-state index is 0.275. The van der Waals surface area contributed by atoms with Crippen molar-refractivity contribution in [1.29, 1.82) is 0 Å². The van der Waals surface area contributed by atoms with E-state index in [0.29, 0.717) is 6.10 Å². The Morgan fingerprint density at radius 2 is 0.891 bits per heavy atom. The number of hydrogen-bond acceptors (Lipinski definition) is 3. The predicted octanol–water partition coefficient (Wildman–Crippen LogP) is 13.4. The van der Waals surface area contributed by atoms with Crippen molar-refractivity contribution in [3.63, 3.8) is 0 Å². The molecule has 0 aromatic carbocycles. The Balaban J connectivity index is 1.52. The van der Waals surface area contributed by atoms with Crippen molar-refractivity contribution in [2.45, 2.75) is 218 Å². The van der Waals surface area contributed by atoms with E-state index >= 15 is 0 Å². The van der Waals surface area contributed by atoms with Gasteiger partial charge in [0.2, 0.25) is 0 Å². The van der Waals surface area contributed by atoms with Crippen LogP contribution >= 0.6 is 0 Å². The van der Waals surface area contributed by atoms with Crippen molar-refractivity contribution in [3.8, 4) is 0 Å². The van der Waals surface area contributed by atoms with E-state index in [4.69, 9.17) is 9.47 Å². The van der Waals surface area contributed by atoms with Crippen LogP contribution in [0.4, 0.5) is 0 Å². The van der Waals surface area contributed by atoms with Crippen LogP contribution in [0.3, 0.4) is 0 Å². The molecule has 0 saturated carbocycles. The SMILES string of the molecule is CCCCC/C=C\C/C=C\CCCCCCCCC1(CCCCCCCC/C=C\CCCCCCCC)OC2CCN(C)CC2O1. The average molecular weight is 642 g/mol. The molecule has 0 amide bonds. The zero-order chi connectivity index (χ0) is 32.8. The Morgan fingerprint density at radius 1 is 0.500 bits per heavy atom. The average Bonchev–Trinajstić information content (AvgIpc) is 3.41. The van der Waals surface area contributed by atoms with Crippen molar-refractivity contribution in [1.82, 2.24) is 4.90 Å². The quantitative estimate of drug-likeness (QED) is 0.0555. The number of likely N-dealkylation sites (tertiary alicyclic amines) is 1. The van der Waals surface area contributed by atoms with Gasteiger partial charge in [-0.2, -0.15) is 0 Å². The molecule has 2 aliphatic heterocycles. The van der Waals surface area contributed by atoms with E-state index in [1.165, 1.54) is 161 Å². The molecule has 268 valence electrons. The Kier molecular flexibility index (Phi) is 26.1. The van der Waals surface area contributed by atoms with E-state index < -0.39 is 0 Å². The zero-order valence-corrected chi connectivity index (χ0v) is 31.3. The van der Waals surface area contributed by atoms with Gasteiger partial charge in [0, 0.05) is 25.9 Å². The molecule has 3 atom stereocenters. The molecule has 2 fully saturated rings. The van der Waals surface area contributed by atoms with Gasteiger partial charge < -0.3 is 14.4 Å². The van der Waals surface area contributed by atoms with E-state index in [1.54, 1.807) is 0 Å². The molecular formula is C43H79NO2. The molecule has 3 unspecified atom stereocenters. The van der Waals surface area contributed by atoms with Crippen LogP contribution in [-0.2, 0) is 9.47 Å². The van der Waals surface area contributed by atoms with Gasteiger partial charge in [0.1, 0.15) is 0 Å². The first-order valence-electron chi connectivity index (χ1n) is 20.7. The van der Waals surface area contributed by atoms with Crippen LogP contribution in [0.5, 0.6) is 0 Å². The third kappa shape index (κ3) is 21.1. The number of piperidine rings is 1. The van der Waals surface area contributed by atoms with Crippen LogP contribution in [0.1, 0.15) is 200 Å². The summed E-state index contributed by atoms with van der Waals surface area (Å²) >= 11 is 0. The van der Waals surface area contributed by atoms with Gasteiger partial charge in [-0.25, -0.2) is 0 Å². The Labute approximate surface area is 288 Å². The first-order valence-corrected chi connectivity index (χ1v) is 20.7. The van der Waals surface area contributed by atoms with Crippen molar-refractivity contribution < 1.29 is 9.47 Å². The Morgan fingerprint density at radius 3 is 1.41 bits per heavy atom. The van der Waals surface area contributed by atoms with Crippen LogP contribution in [-0.4, -0.2) is 43.0 Å². The smallest absolute Gasteiger partial charge is 0.169 e. The summed E-state index contributed by atoms with van der Waals surface area (Å²) in [7, 11) is 2.23. The second-order valence-electron chi connectivity index (χ2n) is 14.8. The summed E-state index contributed by atoms with van der Waals surface area (Å²) in [5, 5.41) is 0. The number of unbranched alkanes of at least 4 members (excludes halogenated alkanes) is 21. The summed E-state index contributed by atoms with van der Waals surface area (Å²) in [4.78, 5) is 2.42. The highest BCUT2D eigenvalue weighted by atomic mass is 16.8. The lowest BCUT2D eigenvalue weighted by Crippen LogP contribution is -2.43. The standard InChI is InChI=1S/C43H79NO2/c1-4-6-8-10-12-14-16-18-20-22-24-26-28-30-32-34-37-43(45-41-36-39-44(3)40-42(41)46-43)38-35-33-31-29-27-25-23-21-19-17-15-13-11-9-7-5-2/h12,14,18-21,41-42H,4-11,13,15-17,22-40H2,1-3H3/b14-12-,20-18-,21-19-. The molecule has 0 aromatic rings. The van der Waals surface area contributed by atoms with Gasteiger partial charge in [-0.05, 0) is 84.1 Å². The predicted molar refractivity (Wildman–Crippen MR) is 203 cm³/mol. The maximum atomic E-state index is 6.79. The summed E-state index contributed by atoms with van der Waals surface area (Å²) in [6.07, 6.45) is 52.8. The molecule has 0 aromatic heterocycles. The first kappa shape index (κ1) is 41.3. The molecule has 3 heteroatoms. The molecular weight excluding hydrogens is 562 g/mol. The number of nitrogens with zero attached hydrogens (tertiary/aromatic N) is 1. The molecule has 0 bridgehead atoms. The van der Waals surface area contributed by atoms with Crippen LogP contribution in [0.25, 0.3) is 0 Å². The fourth-order valence-electron chi connectivity index (χ4n) is 7.26. The van der Waals surface area contributed by atoms with Gasteiger partial charge in [-0.1, -0.05) is 147 Å². The van der Waals surface area contributed by atoms with Crippen LogP contribution in [0.15, 0.2) is 36.5 Å². The maximum Gasteiger partial charge on any atom is 0.169 e. The highest BCUT2D eigenvalue weighted by Crippen LogP contribution is 2.40. The van der Waals surface area contributed by atoms with Gasteiger partial charge in [-0.15, -0.1) is 0 Å². The molecule has 0 radical (unpaired) electrons. The summed E-state index contributed by atoms with van der Waals surface area (Å²) < 4.78 is 13.6. The number of rotatable bonds is 31. The molecule has 0 spiro atoms. The summed E-state index contributed by atoms with van der Waals surface area (Å²) in [6, 6.07) is 0. The second kappa shape index (κ2) is 29.1. The minimum Gasteiger partial charge on any atom is -0.344 e. The van der Waals surface area contributed by atoms with E-state index in [0.717, 1.165) is 38.8 Å². The molecule has 3 nitrogen and oxygen atoms in total. The third-order valence-corrected chi connectivity index (χ3v) is 10.3. The van der Waals surface area contributed by atoms with Gasteiger partial charge >= 0.3 is 0 Å². The normalized spacial score (nSPS) is 22.2. The lowest BCUT2D eigenvalue weighted by atomic mass is 9.98. The monoisotopic (exact) mass is 642 g/mol. The van der Waals surface area contributed by atoms with Crippen LogP contribution in [0, 0.1) is 0 Å². The largest absolute Gasteiger partial charge is 0.344 e. The van der Waals surface area contributed by atoms with E-state index in [2.05, 4.69) is 62.3 Å².